The average molecular weight is 296 g/mol. The van der Waals surface area contributed by atoms with E-state index in [1.165, 1.54) is 16.3 Å². The molecule has 0 spiro atoms. The smallest absolute Gasteiger partial charge is 0.313 e. The van der Waals surface area contributed by atoms with Gasteiger partial charge in [0.25, 0.3) is 0 Å². The fourth-order valence-electron chi connectivity index (χ4n) is 1.63. The van der Waals surface area contributed by atoms with Gasteiger partial charge in [0.1, 0.15) is 0 Å². The first kappa shape index (κ1) is 13.7. The molecule has 100 valence electrons. The van der Waals surface area contributed by atoms with E-state index in [1.807, 2.05) is 30.3 Å². The van der Waals surface area contributed by atoms with Crippen molar-refractivity contribution in [2.75, 3.05) is 5.75 Å². The second kappa shape index (κ2) is 5.94. The van der Waals surface area contributed by atoms with Gasteiger partial charge < -0.3 is 15.2 Å². The molecule has 2 aromatic rings. The van der Waals surface area contributed by atoms with Crippen LogP contribution in [0.3, 0.4) is 0 Å². The highest BCUT2D eigenvalue weighted by molar-refractivity contribution is 7.99. The highest BCUT2D eigenvalue weighted by Gasteiger charge is 2.12. The molecule has 0 amide bonds. The number of para-hydroxylation sites is 1. The van der Waals surface area contributed by atoms with Gasteiger partial charge in [0.05, 0.1) is 17.1 Å². The minimum Gasteiger partial charge on any atom is -0.493 e. The van der Waals surface area contributed by atoms with Crippen LogP contribution < -0.4 is 0 Å². The van der Waals surface area contributed by atoms with E-state index < -0.39 is 5.97 Å². The fourth-order valence-corrected chi connectivity index (χ4v) is 2.63. The minimum atomic E-state index is -0.884. The number of nitrogens with one attached hydrogen (secondary N) is 1. The van der Waals surface area contributed by atoms with Crippen LogP contribution >= 0.6 is 24.0 Å². The Morgan fingerprint density at radius 2 is 2.05 bits per heavy atom. The second-order valence-electron chi connectivity index (χ2n) is 3.79. The molecular formula is C12H12N2O3S2. The minimum absolute atomic E-state index is 0.0173. The summed E-state index contributed by atoms with van der Waals surface area (Å²) in [4.78, 5) is 13.3. The summed E-state index contributed by atoms with van der Waals surface area (Å²) in [6.07, 6.45) is 0. The van der Waals surface area contributed by atoms with E-state index in [4.69, 9.17) is 17.3 Å². The Morgan fingerprint density at radius 3 is 2.68 bits per heavy atom. The number of aliphatic carboxylic acids is 1. The molecule has 2 rings (SSSR count). The van der Waals surface area contributed by atoms with E-state index in [-0.39, 0.29) is 11.6 Å². The van der Waals surface area contributed by atoms with Gasteiger partial charge in [-0.05, 0) is 24.4 Å². The van der Waals surface area contributed by atoms with Gasteiger partial charge >= 0.3 is 5.97 Å². The number of nitrogens with zero attached hydrogens (tertiary/aromatic N) is 1. The van der Waals surface area contributed by atoms with Crippen LogP contribution in [0.4, 0.5) is 0 Å². The van der Waals surface area contributed by atoms with Crippen LogP contribution in [0, 0.1) is 4.77 Å². The molecule has 0 bridgehead atoms. The highest BCUT2D eigenvalue weighted by atomic mass is 32.2. The Bertz CT molecular complexity index is 634. The maximum Gasteiger partial charge on any atom is 0.313 e. The molecule has 1 heterocycles. The zero-order valence-corrected chi connectivity index (χ0v) is 11.5. The summed E-state index contributed by atoms with van der Waals surface area (Å²) < 4.78 is 1.90. The summed E-state index contributed by atoms with van der Waals surface area (Å²) in [5.74, 6) is -0.516. The topological polar surface area (TPSA) is 78.2 Å². The van der Waals surface area contributed by atoms with Crippen molar-refractivity contribution >= 4 is 29.9 Å². The number of aromatic hydroxyl groups is 1. The van der Waals surface area contributed by atoms with E-state index in [0.29, 0.717) is 16.2 Å². The number of rotatable bonds is 5. The van der Waals surface area contributed by atoms with Gasteiger partial charge in [0, 0.05) is 5.75 Å². The van der Waals surface area contributed by atoms with Gasteiger partial charge in [-0.2, -0.15) is 0 Å². The number of H-pyrrole nitrogens is 1. The lowest BCUT2D eigenvalue weighted by atomic mass is 10.3. The van der Waals surface area contributed by atoms with Crippen molar-refractivity contribution in [1.82, 2.24) is 9.55 Å². The number of aromatic amines is 1. The van der Waals surface area contributed by atoms with Crippen molar-refractivity contribution < 1.29 is 15.0 Å². The Kier molecular flexibility index (Phi) is 4.28. The normalized spacial score (nSPS) is 10.5. The Labute approximate surface area is 118 Å². The summed E-state index contributed by atoms with van der Waals surface area (Å²) >= 11 is 6.36. The van der Waals surface area contributed by atoms with Gasteiger partial charge in [0.2, 0.25) is 5.88 Å². The van der Waals surface area contributed by atoms with E-state index in [9.17, 15) is 9.90 Å². The standard InChI is InChI=1S/C12H12N2O3S2/c15-10(16)7-19-6-9-11(17)14(12(18)13-9)8-4-2-1-3-5-8/h1-5,17H,6-7H2,(H,13,18)(H,15,16). The van der Waals surface area contributed by atoms with E-state index in [2.05, 4.69) is 4.98 Å². The lowest BCUT2D eigenvalue weighted by Crippen LogP contribution is -1.98. The summed E-state index contributed by atoms with van der Waals surface area (Å²) in [6, 6.07) is 9.24. The zero-order chi connectivity index (χ0) is 13.8. The molecule has 0 aliphatic carbocycles. The number of carboxylic acids is 1. The molecule has 0 fully saturated rings. The largest absolute Gasteiger partial charge is 0.493 e. The second-order valence-corrected chi connectivity index (χ2v) is 5.16. The Hall–Kier alpha value is -1.73. The predicted molar refractivity (Wildman–Crippen MR) is 76.4 cm³/mol. The third-order valence-electron chi connectivity index (χ3n) is 2.43. The first-order valence-electron chi connectivity index (χ1n) is 5.47. The number of imidazole rings is 1. The Balaban J connectivity index is 2.25. The molecule has 0 saturated carbocycles. The van der Waals surface area contributed by atoms with Gasteiger partial charge in [0.15, 0.2) is 4.77 Å². The fraction of sp³-hybridized carbons (Fsp3) is 0.167. The number of hydrogen-bond donors (Lipinski definition) is 3. The van der Waals surface area contributed by atoms with Crippen molar-refractivity contribution in [3.05, 3.63) is 40.8 Å². The number of thioether (sulfide) groups is 1. The van der Waals surface area contributed by atoms with Gasteiger partial charge in [-0.15, -0.1) is 11.8 Å². The highest BCUT2D eigenvalue weighted by Crippen LogP contribution is 2.25. The molecule has 7 heteroatoms. The van der Waals surface area contributed by atoms with Crippen LogP contribution in [0.25, 0.3) is 5.69 Å². The molecule has 1 aromatic carbocycles. The quantitative estimate of drug-likeness (QED) is 0.739. The first-order chi connectivity index (χ1) is 9.09. The van der Waals surface area contributed by atoms with Gasteiger partial charge in [-0.3, -0.25) is 9.36 Å². The van der Waals surface area contributed by atoms with Crippen molar-refractivity contribution in [1.29, 1.82) is 0 Å². The first-order valence-corrected chi connectivity index (χ1v) is 7.03. The van der Waals surface area contributed by atoms with Crippen molar-refractivity contribution in [3.63, 3.8) is 0 Å². The molecule has 5 nitrogen and oxygen atoms in total. The average Bonchev–Trinajstić information content (AvgIpc) is 2.65. The van der Waals surface area contributed by atoms with Gasteiger partial charge in [-0.1, -0.05) is 18.2 Å². The Morgan fingerprint density at radius 1 is 1.37 bits per heavy atom. The van der Waals surface area contributed by atoms with Crippen LogP contribution in [0.5, 0.6) is 5.88 Å². The summed E-state index contributed by atoms with van der Waals surface area (Å²) in [7, 11) is 0. The summed E-state index contributed by atoms with van der Waals surface area (Å²) in [5.41, 5.74) is 1.29. The van der Waals surface area contributed by atoms with Crippen LogP contribution in [-0.2, 0) is 10.5 Å². The maximum absolute atomic E-state index is 10.4. The number of benzene rings is 1. The SMILES string of the molecule is O=C(O)CSCc1[nH]c(=S)n(-c2ccccc2)c1O. The molecule has 0 radical (unpaired) electrons. The monoisotopic (exact) mass is 296 g/mol. The van der Waals surface area contributed by atoms with Crippen LogP contribution in [-0.4, -0.2) is 31.5 Å². The van der Waals surface area contributed by atoms with Crippen molar-refractivity contribution in [3.8, 4) is 11.6 Å². The maximum atomic E-state index is 10.4. The van der Waals surface area contributed by atoms with Crippen molar-refractivity contribution in [2.24, 2.45) is 0 Å². The van der Waals surface area contributed by atoms with E-state index in [0.717, 1.165) is 5.69 Å². The molecular weight excluding hydrogens is 284 g/mol. The van der Waals surface area contributed by atoms with Crippen LogP contribution in [0.1, 0.15) is 5.69 Å². The predicted octanol–water partition coefficient (Wildman–Crippen LogP) is 2.56. The molecule has 3 N–H and O–H groups in total. The number of hydrogen-bond acceptors (Lipinski definition) is 4. The van der Waals surface area contributed by atoms with E-state index >= 15 is 0 Å². The summed E-state index contributed by atoms with van der Waals surface area (Å²) in [5, 5.41) is 18.7. The third-order valence-corrected chi connectivity index (χ3v) is 3.66. The lowest BCUT2D eigenvalue weighted by Gasteiger charge is -2.04. The zero-order valence-electron chi connectivity index (χ0n) is 9.87. The van der Waals surface area contributed by atoms with Crippen LogP contribution in [0.2, 0.25) is 0 Å². The molecule has 0 atom stereocenters. The number of carbonyl (C=O) groups is 1. The van der Waals surface area contributed by atoms with Crippen LogP contribution in [0.15, 0.2) is 30.3 Å². The number of carboxylic acid groups (broad SMARTS) is 1. The summed E-state index contributed by atoms with van der Waals surface area (Å²) in [6.45, 7) is 0. The number of aromatic nitrogens is 2. The molecule has 0 unspecified atom stereocenters. The third kappa shape index (κ3) is 3.18. The molecule has 0 saturated heterocycles. The molecule has 0 aliphatic rings. The lowest BCUT2D eigenvalue weighted by molar-refractivity contribution is -0.133. The molecule has 19 heavy (non-hydrogen) atoms. The molecule has 1 aromatic heterocycles. The van der Waals surface area contributed by atoms with Crippen molar-refractivity contribution in [2.45, 2.75) is 5.75 Å². The molecule has 0 aliphatic heterocycles. The van der Waals surface area contributed by atoms with E-state index in [1.54, 1.807) is 0 Å². The van der Waals surface area contributed by atoms with Gasteiger partial charge in [-0.25, -0.2) is 0 Å².